The van der Waals surface area contributed by atoms with Gasteiger partial charge in [0.05, 0.1) is 0 Å². The summed E-state index contributed by atoms with van der Waals surface area (Å²) in [6.45, 7) is 5.72. The van der Waals surface area contributed by atoms with Crippen LogP contribution in [-0.4, -0.2) is 27.6 Å². The van der Waals surface area contributed by atoms with Crippen molar-refractivity contribution in [1.82, 2.24) is 0 Å². The molecule has 0 heterocycles. The van der Waals surface area contributed by atoms with E-state index >= 15 is 0 Å². The summed E-state index contributed by atoms with van der Waals surface area (Å²) in [4.78, 5) is 10.7. The van der Waals surface area contributed by atoms with Crippen LogP contribution < -0.4 is 0 Å². The summed E-state index contributed by atoms with van der Waals surface area (Å²) >= 11 is 3.74. The van der Waals surface area contributed by atoms with Crippen LogP contribution in [-0.2, 0) is 13.6 Å². The van der Waals surface area contributed by atoms with Crippen LogP contribution in [0.3, 0.4) is 0 Å². The summed E-state index contributed by atoms with van der Waals surface area (Å²) in [7, 11) is -1.51. The molecule has 5 heteroatoms. The van der Waals surface area contributed by atoms with Crippen LogP contribution in [0.1, 0.15) is 39.5 Å². The molecule has 0 spiro atoms. The molecule has 0 bridgehead atoms. The Hall–Kier alpha value is 0.157. The Morgan fingerprint density at radius 1 is 1.20 bits per heavy atom. The molecule has 0 aliphatic carbocycles. The first kappa shape index (κ1) is 15.2. The number of thiol groups is 1. The van der Waals surface area contributed by atoms with Gasteiger partial charge in [-0.1, -0.05) is 13.8 Å². The maximum Gasteiger partial charge on any atom is 0.321 e. The highest BCUT2D eigenvalue weighted by Crippen LogP contribution is 2.07. The minimum Gasteiger partial charge on any atom is -0.397 e. The van der Waals surface area contributed by atoms with Gasteiger partial charge in [-0.2, -0.15) is 0 Å². The molecule has 0 radical (unpaired) electrons. The van der Waals surface area contributed by atoms with Crippen molar-refractivity contribution in [1.29, 1.82) is 0 Å². The molecular formula is C10H22O3SSi. The highest BCUT2D eigenvalue weighted by molar-refractivity contribution is 7.96. The zero-order chi connectivity index (χ0) is 11.5. The summed E-state index contributed by atoms with van der Waals surface area (Å²) in [6.07, 6.45) is 3.40. The number of rotatable bonds is 10. The van der Waals surface area contributed by atoms with E-state index in [1.165, 1.54) is 0 Å². The Bertz CT molecular complexity index is 159. The first-order valence-corrected chi connectivity index (χ1v) is 7.86. The largest absolute Gasteiger partial charge is 0.397 e. The smallest absolute Gasteiger partial charge is 0.321 e. The van der Waals surface area contributed by atoms with E-state index in [0.717, 1.165) is 38.5 Å². The molecule has 3 nitrogen and oxygen atoms in total. The Morgan fingerprint density at radius 3 is 2.13 bits per heavy atom. The summed E-state index contributed by atoms with van der Waals surface area (Å²) in [5, 5.41) is -0.0475. The summed E-state index contributed by atoms with van der Waals surface area (Å²) in [5.41, 5.74) is 0. The molecule has 0 atom stereocenters. The lowest BCUT2D eigenvalue weighted by atomic mass is 10.4. The molecule has 0 saturated carbocycles. The third-order valence-corrected chi connectivity index (χ3v) is 4.16. The lowest BCUT2D eigenvalue weighted by Crippen LogP contribution is -2.23. The molecule has 0 aromatic heterocycles. The molecule has 90 valence electrons. The first-order chi connectivity index (χ1) is 7.20. The summed E-state index contributed by atoms with van der Waals surface area (Å²) in [5.74, 6) is 0. The normalized spacial score (nSPS) is 10.9. The number of hydrogen-bond donors (Lipinski definition) is 1. The van der Waals surface area contributed by atoms with E-state index in [0.29, 0.717) is 6.42 Å². The Labute approximate surface area is 99.8 Å². The first-order valence-electron chi connectivity index (χ1n) is 5.65. The van der Waals surface area contributed by atoms with E-state index in [-0.39, 0.29) is 5.12 Å². The number of carbonyl (C=O) groups excluding carboxylic acids is 1. The van der Waals surface area contributed by atoms with Crippen molar-refractivity contribution in [2.45, 2.75) is 45.6 Å². The van der Waals surface area contributed by atoms with E-state index in [1.54, 1.807) is 0 Å². The molecule has 0 fully saturated rings. The zero-order valence-corrected chi connectivity index (χ0v) is 11.7. The van der Waals surface area contributed by atoms with Gasteiger partial charge in [-0.15, -0.1) is 12.6 Å². The van der Waals surface area contributed by atoms with Crippen molar-refractivity contribution in [3.8, 4) is 0 Å². The van der Waals surface area contributed by atoms with Gasteiger partial charge < -0.3 is 8.85 Å². The fourth-order valence-electron chi connectivity index (χ4n) is 1.13. The zero-order valence-electron chi connectivity index (χ0n) is 9.70. The highest BCUT2D eigenvalue weighted by atomic mass is 32.1. The molecule has 0 aliphatic heterocycles. The fourth-order valence-corrected chi connectivity index (χ4v) is 3.26. The molecule has 0 unspecified atom stereocenters. The predicted molar refractivity (Wildman–Crippen MR) is 67.7 cm³/mol. The Balaban J connectivity index is 3.63. The van der Waals surface area contributed by atoms with Gasteiger partial charge in [0, 0.05) is 19.6 Å². The van der Waals surface area contributed by atoms with E-state index in [9.17, 15) is 4.79 Å². The van der Waals surface area contributed by atoms with E-state index in [4.69, 9.17) is 8.85 Å². The average molecular weight is 250 g/mol. The number of carbonyl (C=O) groups is 1. The van der Waals surface area contributed by atoms with Crippen LogP contribution in [0.25, 0.3) is 0 Å². The monoisotopic (exact) mass is 250 g/mol. The van der Waals surface area contributed by atoms with E-state index in [1.807, 2.05) is 0 Å². The standard InChI is InChI=1S/C10H22O3SSi/c1-3-7-12-15(13-8-4-2)9-5-6-10(11)14/h15H,3-9H2,1-2H3,(H,11,14). The van der Waals surface area contributed by atoms with Gasteiger partial charge in [0.1, 0.15) is 0 Å². The minimum absolute atomic E-state index is 0.0475. The van der Waals surface area contributed by atoms with Crippen molar-refractivity contribution in [2.75, 3.05) is 13.2 Å². The van der Waals surface area contributed by atoms with Crippen LogP contribution in [0.15, 0.2) is 0 Å². The van der Waals surface area contributed by atoms with Gasteiger partial charge in [0.25, 0.3) is 0 Å². The molecule has 0 N–H and O–H groups in total. The quantitative estimate of drug-likeness (QED) is 0.477. The predicted octanol–water partition coefficient (Wildman–Crippen LogP) is 2.30. The Kier molecular flexibility index (Phi) is 10.8. The third kappa shape index (κ3) is 10.4. The molecule has 0 rings (SSSR count). The molecular weight excluding hydrogens is 228 g/mol. The second-order valence-electron chi connectivity index (χ2n) is 3.46. The lowest BCUT2D eigenvalue weighted by molar-refractivity contribution is -0.110. The van der Waals surface area contributed by atoms with Gasteiger partial charge in [0.2, 0.25) is 0 Å². The van der Waals surface area contributed by atoms with Crippen LogP contribution >= 0.6 is 12.6 Å². The Morgan fingerprint density at radius 2 is 1.73 bits per heavy atom. The van der Waals surface area contributed by atoms with E-state index in [2.05, 4.69) is 26.5 Å². The second kappa shape index (κ2) is 10.7. The van der Waals surface area contributed by atoms with Gasteiger partial charge >= 0.3 is 9.28 Å². The molecule has 0 amide bonds. The summed E-state index contributed by atoms with van der Waals surface area (Å²) in [6, 6.07) is 0.909. The molecule has 15 heavy (non-hydrogen) atoms. The fraction of sp³-hybridized carbons (Fsp3) is 0.900. The lowest BCUT2D eigenvalue weighted by Gasteiger charge is -2.15. The molecule has 0 aromatic carbocycles. The van der Waals surface area contributed by atoms with Crippen LogP contribution in [0, 0.1) is 0 Å². The van der Waals surface area contributed by atoms with Gasteiger partial charge in [-0.05, 0) is 25.3 Å². The second-order valence-corrected chi connectivity index (χ2v) is 6.06. The van der Waals surface area contributed by atoms with Crippen molar-refractivity contribution in [3.05, 3.63) is 0 Å². The third-order valence-electron chi connectivity index (χ3n) is 1.85. The van der Waals surface area contributed by atoms with Gasteiger partial charge in [-0.25, -0.2) is 0 Å². The summed E-state index contributed by atoms with van der Waals surface area (Å²) < 4.78 is 11.3. The van der Waals surface area contributed by atoms with Crippen molar-refractivity contribution >= 4 is 27.0 Å². The van der Waals surface area contributed by atoms with Crippen molar-refractivity contribution in [2.24, 2.45) is 0 Å². The maximum atomic E-state index is 10.7. The molecule has 0 saturated heterocycles. The van der Waals surface area contributed by atoms with Crippen LogP contribution in [0.4, 0.5) is 0 Å². The topological polar surface area (TPSA) is 35.5 Å². The SMILES string of the molecule is CCCO[SiH](CCCC(=O)S)OCCC. The maximum absolute atomic E-state index is 10.7. The minimum atomic E-state index is -1.51. The van der Waals surface area contributed by atoms with Crippen LogP contribution in [0.5, 0.6) is 0 Å². The number of hydrogen-bond acceptors (Lipinski definition) is 3. The van der Waals surface area contributed by atoms with Crippen molar-refractivity contribution < 1.29 is 13.6 Å². The average Bonchev–Trinajstić information content (AvgIpc) is 2.20. The highest BCUT2D eigenvalue weighted by Gasteiger charge is 2.12. The van der Waals surface area contributed by atoms with Crippen LogP contribution in [0.2, 0.25) is 6.04 Å². The molecule has 0 aliphatic rings. The molecule has 0 aromatic rings. The van der Waals surface area contributed by atoms with Gasteiger partial charge in [-0.3, -0.25) is 4.79 Å². The van der Waals surface area contributed by atoms with Gasteiger partial charge in [0.15, 0.2) is 5.12 Å². The van der Waals surface area contributed by atoms with Crippen molar-refractivity contribution in [3.63, 3.8) is 0 Å². The van der Waals surface area contributed by atoms with E-state index < -0.39 is 9.28 Å².